The average molecular weight is 541 g/mol. The van der Waals surface area contributed by atoms with E-state index >= 15 is 0 Å². The van der Waals surface area contributed by atoms with Gasteiger partial charge in [0.05, 0.1) is 11.9 Å². The van der Waals surface area contributed by atoms with Gasteiger partial charge in [0, 0.05) is 22.6 Å². The van der Waals surface area contributed by atoms with Crippen LogP contribution in [0, 0.1) is 6.92 Å². The number of para-hydroxylation sites is 1. The molecule has 0 heterocycles. The summed E-state index contributed by atoms with van der Waals surface area (Å²) in [6, 6.07) is 11.1. The fourth-order valence-electron chi connectivity index (χ4n) is 4.25. The first kappa shape index (κ1) is 27.3. The van der Waals surface area contributed by atoms with E-state index in [9.17, 15) is 18.0 Å². The number of carbonyl (C=O) groups is 2. The maximum absolute atomic E-state index is 13.6. The zero-order valence-corrected chi connectivity index (χ0v) is 22.5. The molecular weight excluding hydrogens is 509 g/mol. The second-order valence-corrected chi connectivity index (χ2v) is 11.7. The van der Waals surface area contributed by atoms with Crippen LogP contribution in [0.2, 0.25) is 10.0 Å². The molecule has 1 aliphatic rings. The minimum Gasteiger partial charge on any atom is -0.352 e. The molecule has 0 aliphatic heterocycles. The SMILES string of the molecule is Cc1ccccc1N(CC(=O)N(Cc1ccc(Cl)cc1Cl)[C@@H](C)C(=O)NC1CCCC1)S(C)(=O)=O. The maximum atomic E-state index is 13.6. The van der Waals surface area contributed by atoms with Crippen molar-refractivity contribution in [3.63, 3.8) is 0 Å². The standard InChI is InChI=1S/C25H31Cl2N3O4S/c1-17-8-4-7-11-23(17)30(35(3,33)34)16-24(31)29(15-19-12-13-20(26)14-22(19)27)18(2)25(32)28-21-9-5-6-10-21/h4,7-8,11-14,18,21H,5-6,9-10,15-16H2,1-3H3,(H,28,32)/t18-/m0/s1. The number of nitrogens with one attached hydrogen (secondary N) is 1. The molecule has 1 saturated carbocycles. The molecule has 35 heavy (non-hydrogen) atoms. The van der Waals surface area contributed by atoms with Gasteiger partial charge >= 0.3 is 0 Å². The van der Waals surface area contributed by atoms with Crippen molar-refractivity contribution in [2.24, 2.45) is 0 Å². The second-order valence-electron chi connectivity index (χ2n) is 8.98. The number of benzene rings is 2. The molecule has 3 rings (SSSR count). The van der Waals surface area contributed by atoms with E-state index in [1.165, 1.54) is 4.90 Å². The van der Waals surface area contributed by atoms with Crippen LogP contribution in [0.25, 0.3) is 0 Å². The number of sulfonamides is 1. The number of halogens is 2. The predicted octanol–water partition coefficient (Wildman–Crippen LogP) is 4.54. The first-order valence-electron chi connectivity index (χ1n) is 11.5. The van der Waals surface area contributed by atoms with Gasteiger partial charge in [-0.15, -0.1) is 0 Å². The molecule has 2 aromatic rings. The lowest BCUT2D eigenvalue weighted by molar-refractivity contribution is -0.139. The number of anilines is 1. The van der Waals surface area contributed by atoms with Crippen LogP contribution in [-0.4, -0.2) is 50.0 Å². The van der Waals surface area contributed by atoms with Crippen molar-refractivity contribution >= 4 is 50.7 Å². The minimum absolute atomic E-state index is 0.0272. The van der Waals surface area contributed by atoms with Crippen molar-refractivity contribution in [2.75, 3.05) is 17.1 Å². The van der Waals surface area contributed by atoms with Crippen molar-refractivity contribution in [1.29, 1.82) is 0 Å². The van der Waals surface area contributed by atoms with E-state index in [0.29, 0.717) is 26.9 Å². The molecule has 1 N–H and O–H groups in total. The van der Waals surface area contributed by atoms with E-state index < -0.39 is 28.5 Å². The monoisotopic (exact) mass is 539 g/mol. The molecule has 2 amide bonds. The molecule has 0 spiro atoms. The number of aryl methyl sites for hydroxylation is 1. The molecule has 0 bridgehead atoms. The summed E-state index contributed by atoms with van der Waals surface area (Å²) in [6.07, 6.45) is 4.99. The molecule has 1 aliphatic carbocycles. The van der Waals surface area contributed by atoms with Gasteiger partial charge in [-0.3, -0.25) is 13.9 Å². The van der Waals surface area contributed by atoms with Gasteiger partial charge in [-0.25, -0.2) is 8.42 Å². The highest BCUT2D eigenvalue weighted by molar-refractivity contribution is 7.92. The van der Waals surface area contributed by atoms with Crippen molar-refractivity contribution < 1.29 is 18.0 Å². The quantitative estimate of drug-likeness (QED) is 0.506. The molecule has 190 valence electrons. The summed E-state index contributed by atoms with van der Waals surface area (Å²) in [7, 11) is -3.78. The van der Waals surface area contributed by atoms with E-state index in [2.05, 4.69) is 5.32 Å². The molecular formula is C25H31Cl2N3O4S. The Morgan fingerprint density at radius 1 is 1.11 bits per heavy atom. The summed E-state index contributed by atoms with van der Waals surface area (Å²) in [5.74, 6) is -0.795. The van der Waals surface area contributed by atoms with Gasteiger partial charge in [-0.2, -0.15) is 0 Å². The van der Waals surface area contributed by atoms with Crippen LogP contribution in [-0.2, 0) is 26.2 Å². The Morgan fingerprint density at radius 3 is 2.37 bits per heavy atom. The lowest BCUT2D eigenvalue weighted by atomic mass is 10.1. The Hall–Kier alpha value is -2.29. The molecule has 1 atom stereocenters. The summed E-state index contributed by atoms with van der Waals surface area (Å²) in [5.41, 5.74) is 1.73. The lowest BCUT2D eigenvalue weighted by Crippen LogP contribution is -2.52. The van der Waals surface area contributed by atoms with Crippen molar-refractivity contribution in [3.05, 3.63) is 63.6 Å². The van der Waals surface area contributed by atoms with Gasteiger partial charge in [0.15, 0.2) is 0 Å². The van der Waals surface area contributed by atoms with Gasteiger partial charge in [0.1, 0.15) is 12.6 Å². The van der Waals surface area contributed by atoms with Crippen LogP contribution < -0.4 is 9.62 Å². The number of amides is 2. The van der Waals surface area contributed by atoms with Crippen LogP contribution in [0.1, 0.15) is 43.7 Å². The molecule has 2 aromatic carbocycles. The number of rotatable bonds is 9. The van der Waals surface area contributed by atoms with Crippen molar-refractivity contribution in [2.45, 2.75) is 58.2 Å². The van der Waals surface area contributed by atoms with Crippen LogP contribution in [0.15, 0.2) is 42.5 Å². The second kappa shape index (κ2) is 11.6. The Morgan fingerprint density at radius 2 is 1.77 bits per heavy atom. The van der Waals surface area contributed by atoms with E-state index in [0.717, 1.165) is 36.2 Å². The summed E-state index contributed by atoms with van der Waals surface area (Å²) in [5, 5.41) is 3.84. The molecule has 1 fully saturated rings. The molecule has 10 heteroatoms. The fourth-order valence-corrected chi connectivity index (χ4v) is 5.62. The van der Waals surface area contributed by atoms with Crippen molar-refractivity contribution in [1.82, 2.24) is 10.2 Å². The number of hydrogen-bond acceptors (Lipinski definition) is 4. The molecule has 0 unspecified atom stereocenters. The Labute approximate surface area is 217 Å². The Bertz CT molecular complexity index is 1180. The summed E-state index contributed by atoms with van der Waals surface area (Å²) in [4.78, 5) is 28.1. The van der Waals surface area contributed by atoms with E-state index in [1.807, 2.05) is 0 Å². The molecule has 0 saturated heterocycles. The largest absolute Gasteiger partial charge is 0.352 e. The predicted molar refractivity (Wildman–Crippen MR) is 140 cm³/mol. The van der Waals surface area contributed by atoms with E-state index in [4.69, 9.17) is 23.2 Å². The van der Waals surface area contributed by atoms with Gasteiger partial charge in [0.2, 0.25) is 21.8 Å². The third-order valence-electron chi connectivity index (χ3n) is 6.29. The van der Waals surface area contributed by atoms with Crippen LogP contribution in [0.5, 0.6) is 0 Å². The maximum Gasteiger partial charge on any atom is 0.244 e. The Balaban J connectivity index is 1.91. The highest BCUT2D eigenvalue weighted by Crippen LogP contribution is 2.26. The highest BCUT2D eigenvalue weighted by Gasteiger charge is 2.32. The van der Waals surface area contributed by atoms with Crippen LogP contribution in [0.4, 0.5) is 5.69 Å². The van der Waals surface area contributed by atoms with E-state index in [-0.39, 0.29) is 18.5 Å². The van der Waals surface area contributed by atoms with Crippen LogP contribution >= 0.6 is 23.2 Å². The van der Waals surface area contributed by atoms with Crippen molar-refractivity contribution in [3.8, 4) is 0 Å². The zero-order chi connectivity index (χ0) is 25.8. The van der Waals surface area contributed by atoms with Gasteiger partial charge < -0.3 is 10.2 Å². The third kappa shape index (κ3) is 7.12. The molecule has 0 radical (unpaired) electrons. The van der Waals surface area contributed by atoms with Crippen LogP contribution in [0.3, 0.4) is 0 Å². The third-order valence-corrected chi connectivity index (χ3v) is 8.00. The number of nitrogens with zero attached hydrogens (tertiary/aromatic N) is 2. The lowest BCUT2D eigenvalue weighted by Gasteiger charge is -2.32. The number of hydrogen-bond donors (Lipinski definition) is 1. The van der Waals surface area contributed by atoms with Gasteiger partial charge in [-0.05, 0) is 56.0 Å². The summed E-state index contributed by atoms with van der Waals surface area (Å²) < 4.78 is 26.4. The fraction of sp³-hybridized carbons (Fsp3) is 0.440. The summed E-state index contributed by atoms with van der Waals surface area (Å²) >= 11 is 12.4. The smallest absolute Gasteiger partial charge is 0.244 e. The molecule has 7 nitrogen and oxygen atoms in total. The topological polar surface area (TPSA) is 86.8 Å². The first-order chi connectivity index (χ1) is 16.5. The Kier molecular flexibility index (Phi) is 9.07. The molecule has 0 aromatic heterocycles. The normalized spacial score (nSPS) is 15.0. The zero-order valence-electron chi connectivity index (χ0n) is 20.1. The number of carbonyl (C=O) groups excluding carboxylic acids is 2. The van der Waals surface area contributed by atoms with Gasteiger partial charge in [0.25, 0.3) is 0 Å². The highest BCUT2D eigenvalue weighted by atomic mass is 35.5. The van der Waals surface area contributed by atoms with Gasteiger partial charge in [-0.1, -0.05) is 60.3 Å². The first-order valence-corrected chi connectivity index (χ1v) is 14.1. The van der Waals surface area contributed by atoms with E-state index in [1.54, 1.807) is 56.3 Å². The summed E-state index contributed by atoms with van der Waals surface area (Å²) in [6.45, 7) is 3.00. The average Bonchev–Trinajstić information content (AvgIpc) is 3.29. The minimum atomic E-state index is -3.78.